The van der Waals surface area contributed by atoms with Gasteiger partial charge in [-0.15, -0.1) is 0 Å². The second kappa shape index (κ2) is 11.4. The summed E-state index contributed by atoms with van der Waals surface area (Å²) >= 11 is 0. The normalized spacial score (nSPS) is 18.7. The van der Waals surface area contributed by atoms with Crippen LogP contribution in [0.2, 0.25) is 0 Å². The van der Waals surface area contributed by atoms with Gasteiger partial charge in [0.2, 0.25) is 5.91 Å². The maximum atomic E-state index is 12.5. The SMILES string of the molecule is COC1CC(C(=O)O)N(C(=O)CCCCCNC(=O)OCC2c3ccccc3-c3ccccc32)C1. The number of ether oxygens (including phenoxy) is 2. The van der Waals surface area contributed by atoms with Gasteiger partial charge in [-0.2, -0.15) is 0 Å². The summed E-state index contributed by atoms with van der Waals surface area (Å²) in [6, 6.07) is 15.6. The van der Waals surface area contributed by atoms with Crippen molar-refractivity contribution >= 4 is 18.0 Å². The first-order chi connectivity index (χ1) is 17.0. The van der Waals surface area contributed by atoms with E-state index >= 15 is 0 Å². The number of hydrogen-bond donors (Lipinski definition) is 2. The molecule has 1 fully saturated rings. The van der Waals surface area contributed by atoms with Gasteiger partial charge in [0.25, 0.3) is 0 Å². The average Bonchev–Trinajstić information content (AvgIpc) is 3.45. The van der Waals surface area contributed by atoms with Crippen molar-refractivity contribution in [3.05, 3.63) is 59.7 Å². The number of rotatable bonds is 10. The fraction of sp³-hybridized carbons (Fsp3) is 0.444. The third kappa shape index (κ3) is 5.65. The topological polar surface area (TPSA) is 105 Å². The highest BCUT2D eigenvalue weighted by atomic mass is 16.5. The Morgan fingerprint density at radius 1 is 1.00 bits per heavy atom. The van der Waals surface area contributed by atoms with Crippen LogP contribution in [0.5, 0.6) is 0 Å². The van der Waals surface area contributed by atoms with Crippen LogP contribution in [0.4, 0.5) is 4.79 Å². The summed E-state index contributed by atoms with van der Waals surface area (Å²) in [6.07, 6.45) is 2.00. The monoisotopic (exact) mass is 480 g/mol. The molecule has 1 aliphatic heterocycles. The van der Waals surface area contributed by atoms with Gasteiger partial charge < -0.3 is 24.8 Å². The second-order valence-electron chi connectivity index (χ2n) is 9.06. The molecule has 2 amide bonds. The number of carbonyl (C=O) groups is 3. The first-order valence-electron chi connectivity index (χ1n) is 12.1. The van der Waals surface area contributed by atoms with Crippen molar-refractivity contribution in [2.45, 2.75) is 50.2 Å². The average molecular weight is 481 g/mol. The van der Waals surface area contributed by atoms with Gasteiger partial charge >= 0.3 is 12.1 Å². The van der Waals surface area contributed by atoms with Crippen molar-refractivity contribution in [3.8, 4) is 11.1 Å². The number of aliphatic carboxylic acids is 1. The summed E-state index contributed by atoms with van der Waals surface area (Å²) in [4.78, 5) is 37.5. The van der Waals surface area contributed by atoms with Gasteiger partial charge in [-0.25, -0.2) is 9.59 Å². The third-order valence-corrected chi connectivity index (χ3v) is 6.88. The Morgan fingerprint density at radius 2 is 1.66 bits per heavy atom. The minimum absolute atomic E-state index is 0.0251. The molecule has 186 valence electrons. The Balaban J connectivity index is 1.15. The molecule has 2 unspecified atom stereocenters. The molecule has 2 N–H and O–H groups in total. The number of likely N-dealkylation sites (tertiary alicyclic amines) is 1. The van der Waals surface area contributed by atoms with Crippen LogP contribution >= 0.6 is 0 Å². The molecule has 4 rings (SSSR count). The molecule has 8 nitrogen and oxygen atoms in total. The van der Waals surface area contributed by atoms with Crippen LogP contribution < -0.4 is 5.32 Å². The minimum Gasteiger partial charge on any atom is -0.480 e. The summed E-state index contributed by atoms with van der Waals surface area (Å²) in [5, 5.41) is 12.1. The zero-order chi connectivity index (χ0) is 24.8. The number of carbonyl (C=O) groups excluding carboxylic acids is 2. The van der Waals surface area contributed by atoms with Gasteiger partial charge in [0, 0.05) is 39.0 Å². The summed E-state index contributed by atoms with van der Waals surface area (Å²) in [7, 11) is 1.53. The lowest BCUT2D eigenvalue weighted by Crippen LogP contribution is -2.40. The largest absolute Gasteiger partial charge is 0.480 e. The Morgan fingerprint density at radius 3 is 2.29 bits per heavy atom. The first-order valence-corrected chi connectivity index (χ1v) is 12.1. The molecule has 8 heteroatoms. The smallest absolute Gasteiger partial charge is 0.407 e. The molecule has 2 aromatic carbocycles. The summed E-state index contributed by atoms with van der Waals surface area (Å²) < 4.78 is 10.8. The van der Waals surface area contributed by atoms with Crippen LogP contribution in [0, 0.1) is 0 Å². The number of carboxylic acids is 1. The number of fused-ring (bicyclic) bond motifs is 3. The molecule has 0 bridgehead atoms. The first kappa shape index (κ1) is 24.7. The number of nitrogens with one attached hydrogen (secondary N) is 1. The molecule has 2 aromatic rings. The van der Waals surface area contributed by atoms with E-state index < -0.39 is 18.1 Å². The van der Waals surface area contributed by atoms with E-state index in [1.807, 2.05) is 24.3 Å². The molecule has 35 heavy (non-hydrogen) atoms. The fourth-order valence-corrected chi connectivity index (χ4v) is 5.04. The molecule has 1 heterocycles. The van der Waals surface area contributed by atoms with Crippen LogP contribution in [0.3, 0.4) is 0 Å². The van der Waals surface area contributed by atoms with Crippen LogP contribution in [0.1, 0.15) is 49.1 Å². The predicted molar refractivity (Wildman–Crippen MR) is 130 cm³/mol. The van der Waals surface area contributed by atoms with Crippen molar-refractivity contribution in [1.82, 2.24) is 10.2 Å². The number of nitrogens with zero attached hydrogens (tertiary/aromatic N) is 1. The van der Waals surface area contributed by atoms with Gasteiger partial charge in [0.05, 0.1) is 6.10 Å². The quantitative estimate of drug-likeness (QED) is 0.502. The molecule has 0 spiro atoms. The summed E-state index contributed by atoms with van der Waals surface area (Å²) in [5.41, 5.74) is 4.72. The Hall–Kier alpha value is -3.39. The Kier molecular flexibility index (Phi) is 8.02. The van der Waals surface area contributed by atoms with Crippen molar-refractivity contribution in [2.75, 3.05) is 26.8 Å². The lowest BCUT2D eigenvalue weighted by molar-refractivity contribution is -0.148. The van der Waals surface area contributed by atoms with Crippen LogP contribution in [-0.2, 0) is 19.1 Å². The van der Waals surface area contributed by atoms with E-state index in [4.69, 9.17) is 9.47 Å². The summed E-state index contributed by atoms with van der Waals surface area (Å²) in [5.74, 6) is -1.14. The maximum absolute atomic E-state index is 12.5. The van der Waals surface area contributed by atoms with E-state index in [0.29, 0.717) is 32.4 Å². The number of amides is 2. The number of benzene rings is 2. The molecular formula is C27H32N2O6. The highest BCUT2D eigenvalue weighted by Crippen LogP contribution is 2.44. The molecule has 0 saturated carbocycles. The molecule has 0 aromatic heterocycles. The second-order valence-corrected chi connectivity index (χ2v) is 9.06. The zero-order valence-corrected chi connectivity index (χ0v) is 19.9. The maximum Gasteiger partial charge on any atom is 0.407 e. The number of carboxylic acid groups (broad SMARTS) is 1. The molecule has 1 aliphatic carbocycles. The predicted octanol–water partition coefficient (Wildman–Crippen LogP) is 3.79. The zero-order valence-electron chi connectivity index (χ0n) is 19.9. The van der Waals surface area contributed by atoms with Crippen molar-refractivity contribution in [2.24, 2.45) is 0 Å². The molecule has 1 saturated heterocycles. The van der Waals surface area contributed by atoms with Crippen molar-refractivity contribution in [3.63, 3.8) is 0 Å². The van der Waals surface area contributed by atoms with Gasteiger partial charge in [-0.05, 0) is 35.1 Å². The summed E-state index contributed by atoms with van der Waals surface area (Å²) in [6.45, 7) is 1.05. The Bertz CT molecular complexity index is 1030. The molecular weight excluding hydrogens is 448 g/mol. The van der Waals surface area contributed by atoms with E-state index in [9.17, 15) is 19.5 Å². The van der Waals surface area contributed by atoms with E-state index in [2.05, 4.69) is 29.6 Å². The van der Waals surface area contributed by atoms with Crippen molar-refractivity contribution in [1.29, 1.82) is 0 Å². The lowest BCUT2D eigenvalue weighted by Gasteiger charge is -2.21. The number of alkyl carbamates (subject to hydrolysis) is 1. The minimum atomic E-state index is -0.995. The van der Waals surface area contributed by atoms with Crippen LogP contribution in [0.15, 0.2) is 48.5 Å². The van der Waals surface area contributed by atoms with Gasteiger partial charge in [0.15, 0.2) is 0 Å². The molecule has 0 radical (unpaired) electrons. The number of hydrogen-bond acceptors (Lipinski definition) is 5. The van der Waals surface area contributed by atoms with E-state index in [-0.39, 0.29) is 31.0 Å². The number of methoxy groups -OCH3 is 1. The van der Waals surface area contributed by atoms with Crippen LogP contribution in [-0.4, -0.2) is 66.9 Å². The highest BCUT2D eigenvalue weighted by Gasteiger charge is 2.39. The number of unbranched alkanes of at least 4 members (excludes halogenated alkanes) is 2. The lowest BCUT2D eigenvalue weighted by atomic mass is 9.98. The van der Waals surface area contributed by atoms with E-state index in [0.717, 1.165) is 6.42 Å². The fourth-order valence-electron chi connectivity index (χ4n) is 5.04. The van der Waals surface area contributed by atoms with Gasteiger partial charge in [-0.1, -0.05) is 55.0 Å². The van der Waals surface area contributed by atoms with Crippen molar-refractivity contribution < 1.29 is 29.0 Å². The van der Waals surface area contributed by atoms with E-state index in [1.54, 1.807) is 0 Å². The molecule has 2 aliphatic rings. The van der Waals surface area contributed by atoms with E-state index in [1.165, 1.54) is 34.3 Å². The van der Waals surface area contributed by atoms with Crippen LogP contribution in [0.25, 0.3) is 11.1 Å². The highest BCUT2D eigenvalue weighted by molar-refractivity contribution is 5.84. The standard InChI is InChI=1S/C27H32N2O6/c1-34-18-15-24(26(31)32)29(16-18)25(30)13-3-2-8-14-28-27(33)35-17-23-21-11-6-4-9-19(21)20-10-5-7-12-22(20)23/h4-7,9-12,18,23-24H,2-3,8,13-17H2,1H3,(H,28,33)(H,31,32). The Labute approximate surface area is 205 Å². The molecule has 2 atom stereocenters. The third-order valence-electron chi connectivity index (χ3n) is 6.88. The van der Waals surface area contributed by atoms with Gasteiger partial charge in [-0.3, -0.25) is 4.79 Å². The van der Waals surface area contributed by atoms with Gasteiger partial charge in [0.1, 0.15) is 12.6 Å².